The van der Waals surface area contributed by atoms with Gasteiger partial charge in [-0.1, -0.05) is 26.7 Å². The Morgan fingerprint density at radius 1 is 1.00 bits per heavy atom. The predicted octanol–water partition coefficient (Wildman–Crippen LogP) is 3.52. The van der Waals surface area contributed by atoms with Crippen molar-refractivity contribution >= 4 is 0 Å². The summed E-state index contributed by atoms with van der Waals surface area (Å²) in [6.45, 7) is 9.82. The maximum Gasteiger partial charge on any atom is 0.0100 e. The van der Waals surface area contributed by atoms with Crippen LogP contribution in [-0.2, 0) is 0 Å². The van der Waals surface area contributed by atoms with Crippen LogP contribution in [0.2, 0.25) is 0 Å². The van der Waals surface area contributed by atoms with Gasteiger partial charge < -0.3 is 10.2 Å². The highest BCUT2D eigenvalue weighted by Gasteiger charge is 2.31. The highest BCUT2D eigenvalue weighted by molar-refractivity contribution is 4.87. The zero-order valence-corrected chi connectivity index (χ0v) is 13.5. The molecule has 2 fully saturated rings. The van der Waals surface area contributed by atoms with E-state index in [2.05, 4.69) is 38.0 Å². The molecule has 0 bridgehead atoms. The minimum atomic E-state index is 0.687. The Balaban J connectivity index is 1.87. The summed E-state index contributed by atoms with van der Waals surface area (Å²) in [5.74, 6) is 2.59. The highest BCUT2D eigenvalue weighted by atomic mass is 15.1. The molecule has 2 rings (SSSR count). The Labute approximate surface area is 120 Å². The SMILES string of the molecule is CC(C)C1CCCCC1NC(C)C1CCCN(C)C1. The number of rotatable bonds is 4. The first-order valence-electron chi connectivity index (χ1n) is 8.52. The fourth-order valence-electron chi connectivity index (χ4n) is 4.25. The van der Waals surface area contributed by atoms with E-state index >= 15 is 0 Å². The van der Waals surface area contributed by atoms with Crippen molar-refractivity contribution in [1.82, 2.24) is 10.2 Å². The molecule has 1 saturated heterocycles. The Bertz CT molecular complexity index is 264. The molecule has 0 radical (unpaired) electrons. The molecule has 4 atom stereocenters. The van der Waals surface area contributed by atoms with Crippen molar-refractivity contribution in [2.75, 3.05) is 20.1 Å². The molecule has 2 heteroatoms. The quantitative estimate of drug-likeness (QED) is 0.837. The van der Waals surface area contributed by atoms with Crippen LogP contribution in [0.1, 0.15) is 59.3 Å². The summed E-state index contributed by atoms with van der Waals surface area (Å²) in [4.78, 5) is 2.51. The van der Waals surface area contributed by atoms with Crippen LogP contribution < -0.4 is 5.32 Å². The van der Waals surface area contributed by atoms with Crippen LogP contribution in [0.3, 0.4) is 0 Å². The van der Waals surface area contributed by atoms with Crippen molar-refractivity contribution in [3.8, 4) is 0 Å². The van der Waals surface area contributed by atoms with Crippen molar-refractivity contribution in [3.05, 3.63) is 0 Å². The van der Waals surface area contributed by atoms with Crippen LogP contribution in [0.4, 0.5) is 0 Å². The van der Waals surface area contributed by atoms with E-state index in [1.165, 1.54) is 51.6 Å². The molecule has 0 aromatic carbocycles. The third-order valence-corrected chi connectivity index (χ3v) is 5.52. The van der Waals surface area contributed by atoms with E-state index in [-0.39, 0.29) is 0 Å². The number of hydrogen-bond acceptors (Lipinski definition) is 2. The first-order valence-corrected chi connectivity index (χ1v) is 8.52. The van der Waals surface area contributed by atoms with Crippen LogP contribution in [0.15, 0.2) is 0 Å². The Kier molecular flexibility index (Phi) is 5.70. The summed E-state index contributed by atoms with van der Waals surface area (Å²) in [6, 6.07) is 1.46. The van der Waals surface area contributed by atoms with Gasteiger partial charge in [0.1, 0.15) is 0 Å². The molecule has 0 amide bonds. The normalized spacial score (nSPS) is 35.5. The van der Waals surface area contributed by atoms with Crippen molar-refractivity contribution < 1.29 is 0 Å². The van der Waals surface area contributed by atoms with E-state index in [0.29, 0.717) is 6.04 Å². The molecule has 1 saturated carbocycles. The van der Waals surface area contributed by atoms with Gasteiger partial charge in [-0.15, -0.1) is 0 Å². The van der Waals surface area contributed by atoms with Crippen LogP contribution in [0.5, 0.6) is 0 Å². The molecule has 2 nitrogen and oxygen atoms in total. The lowest BCUT2D eigenvalue weighted by Crippen LogP contribution is -2.50. The van der Waals surface area contributed by atoms with Gasteiger partial charge in [0.15, 0.2) is 0 Å². The molecule has 112 valence electrons. The smallest absolute Gasteiger partial charge is 0.0100 e. The minimum absolute atomic E-state index is 0.687. The van der Waals surface area contributed by atoms with E-state index in [1.54, 1.807) is 0 Å². The van der Waals surface area contributed by atoms with Gasteiger partial charge in [0, 0.05) is 18.6 Å². The van der Waals surface area contributed by atoms with Crippen molar-refractivity contribution in [3.63, 3.8) is 0 Å². The predicted molar refractivity (Wildman–Crippen MR) is 83.4 cm³/mol. The summed E-state index contributed by atoms with van der Waals surface area (Å²) in [5.41, 5.74) is 0. The molecular weight excluding hydrogens is 232 g/mol. The molecule has 1 heterocycles. The monoisotopic (exact) mass is 266 g/mol. The number of hydrogen-bond donors (Lipinski definition) is 1. The zero-order chi connectivity index (χ0) is 13.8. The van der Waals surface area contributed by atoms with E-state index < -0.39 is 0 Å². The van der Waals surface area contributed by atoms with Gasteiger partial charge in [-0.25, -0.2) is 0 Å². The maximum absolute atomic E-state index is 4.01. The summed E-state index contributed by atoms with van der Waals surface area (Å²) >= 11 is 0. The van der Waals surface area contributed by atoms with E-state index in [9.17, 15) is 0 Å². The van der Waals surface area contributed by atoms with Crippen LogP contribution >= 0.6 is 0 Å². The molecular formula is C17H34N2. The summed E-state index contributed by atoms with van der Waals surface area (Å²) in [6.07, 6.45) is 8.51. The molecule has 0 spiro atoms. The average molecular weight is 266 g/mol. The fourth-order valence-corrected chi connectivity index (χ4v) is 4.25. The molecule has 1 aliphatic heterocycles. The standard InChI is InChI=1S/C17H34N2/c1-13(2)16-9-5-6-10-17(16)18-14(3)15-8-7-11-19(4)12-15/h13-18H,5-12H2,1-4H3. The minimum Gasteiger partial charge on any atom is -0.311 e. The molecule has 1 aliphatic carbocycles. The molecule has 2 aliphatic rings. The third kappa shape index (κ3) is 4.19. The molecule has 1 N–H and O–H groups in total. The molecule has 4 unspecified atom stereocenters. The first kappa shape index (κ1) is 15.3. The topological polar surface area (TPSA) is 15.3 Å². The van der Waals surface area contributed by atoms with Gasteiger partial charge in [-0.05, 0) is 64.0 Å². The maximum atomic E-state index is 4.01. The summed E-state index contributed by atoms with van der Waals surface area (Å²) in [5, 5.41) is 4.01. The number of piperidine rings is 1. The molecule has 19 heavy (non-hydrogen) atoms. The Morgan fingerprint density at radius 3 is 2.42 bits per heavy atom. The number of likely N-dealkylation sites (tertiary alicyclic amines) is 1. The van der Waals surface area contributed by atoms with E-state index in [1.807, 2.05) is 0 Å². The van der Waals surface area contributed by atoms with Gasteiger partial charge in [0.2, 0.25) is 0 Å². The lowest BCUT2D eigenvalue weighted by Gasteiger charge is -2.40. The average Bonchev–Trinajstić information content (AvgIpc) is 2.39. The second-order valence-corrected chi connectivity index (χ2v) is 7.42. The van der Waals surface area contributed by atoms with Crippen LogP contribution in [0.25, 0.3) is 0 Å². The Morgan fingerprint density at radius 2 is 1.74 bits per heavy atom. The second-order valence-electron chi connectivity index (χ2n) is 7.42. The fraction of sp³-hybridized carbons (Fsp3) is 1.00. The largest absolute Gasteiger partial charge is 0.311 e. The molecule has 0 aromatic heterocycles. The first-order chi connectivity index (χ1) is 9.08. The highest BCUT2D eigenvalue weighted by Crippen LogP contribution is 2.31. The van der Waals surface area contributed by atoms with Gasteiger partial charge in [-0.2, -0.15) is 0 Å². The van der Waals surface area contributed by atoms with Crippen molar-refractivity contribution in [2.45, 2.75) is 71.4 Å². The van der Waals surface area contributed by atoms with Gasteiger partial charge >= 0.3 is 0 Å². The van der Waals surface area contributed by atoms with Gasteiger partial charge in [0.05, 0.1) is 0 Å². The lowest BCUT2D eigenvalue weighted by atomic mass is 9.77. The van der Waals surface area contributed by atoms with E-state index in [0.717, 1.165) is 23.8 Å². The lowest BCUT2D eigenvalue weighted by molar-refractivity contribution is 0.141. The van der Waals surface area contributed by atoms with Crippen LogP contribution in [-0.4, -0.2) is 37.1 Å². The number of nitrogens with zero attached hydrogens (tertiary/aromatic N) is 1. The number of nitrogens with one attached hydrogen (secondary N) is 1. The summed E-state index contributed by atoms with van der Waals surface area (Å²) in [7, 11) is 2.27. The van der Waals surface area contributed by atoms with Gasteiger partial charge in [0.25, 0.3) is 0 Å². The molecule has 0 aromatic rings. The summed E-state index contributed by atoms with van der Waals surface area (Å²) < 4.78 is 0. The third-order valence-electron chi connectivity index (χ3n) is 5.52. The Hall–Kier alpha value is -0.0800. The van der Waals surface area contributed by atoms with Crippen LogP contribution in [0, 0.1) is 17.8 Å². The van der Waals surface area contributed by atoms with E-state index in [4.69, 9.17) is 0 Å². The van der Waals surface area contributed by atoms with Crippen molar-refractivity contribution in [2.24, 2.45) is 17.8 Å². The van der Waals surface area contributed by atoms with Crippen molar-refractivity contribution in [1.29, 1.82) is 0 Å². The second kappa shape index (κ2) is 7.08. The van der Waals surface area contributed by atoms with Gasteiger partial charge in [-0.3, -0.25) is 0 Å². The zero-order valence-electron chi connectivity index (χ0n) is 13.5.